The molecule has 10 rings (SSSR count). The molecule has 4 aromatic rings. The number of rotatable bonds is 10. The van der Waals surface area contributed by atoms with Gasteiger partial charge in [0.25, 0.3) is 0 Å². The number of carbonyl (C=O) groups is 4. The van der Waals surface area contributed by atoms with Crippen molar-refractivity contribution in [3.8, 4) is 0 Å². The molecule has 2 aliphatic carbocycles. The van der Waals surface area contributed by atoms with Gasteiger partial charge in [0.15, 0.2) is 11.0 Å². The number of urea groups is 1. The number of hydrogen-bond acceptors (Lipinski definition) is 9. The number of aromatic nitrogens is 3. The molecule has 1 aromatic carbocycles. The maximum atomic E-state index is 16.4. The molecule has 5 fully saturated rings. The molecule has 3 saturated heterocycles. The third-order valence-corrected chi connectivity index (χ3v) is 16.5. The Bertz CT molecular complexity index is 2550. The Labute approximate surface area is 394 Å². The minimum Gasteiger partial charge on any atom is -0.352 e. The van der Waals surface area contributed by atoms with Gasteiger partial charge in [-0.1, -0.05) is 43.1 Å². The maximum Gasteiger partial charge on any atom is 0.329 e. The summed E-state index contributed by atoms with van der Waals surface area (Å²) in [7, 11) is 0. The Morgan fingerprint density at radius 1 is 0.909 bits per heavy atom. The fourth-order valence-electron chi connectivity index (χ4n) is 12.3. The first-order chi connectivity index (χ1) is 31.7. The van der Waals surface area contributed by atoms with Gasteiger partial charge in [-0.2, -0.15) is 0 Å². The van der Waals surface area contributed by atoms with Crippen molar-refractivity contribution in [1.29, 1.82) is 0 Å². The molecule has 350 valence electrons. The number of fused-ring (bicyclic) bond motifs is 4. The third kappa shape index (κ3) is 8.16. The number of halogens is 3. The third-order valence-electron chi connectivity index (χ3n) is 16.0. The molecule has 4 N–H and O–H groups in total. The van der Waals surface area contributed by atoms with Gasteiger partial charge in [-0.15, -0.1) is 0 Å². The Balaban J connectivity index is 0.744. The van der Waals surface area contributed by atoms with Crippen LogP contribution in [0.3, 0.4) is 0 Å². The quantitative estimate of drug-likeness (QED) is 0.125. The highest BCUT2D eigenvalue weighted by Crippen LogP contribution is 2.64. The van der Waals surface area contributed by atoms with Crippen LogP contribution in [0.25, 0.3) is 5.65 Å². The lowest BCUT2D eigenvalue weighted by atomic mass is 9.53. The van der Waals surface area contributed by atoms with Crippen LogP contribution in [0.15, 0.2) is 55.0 Å². The molecular formula is C49H59Cl2FN10O4. The van der Waals surface area contributed by atoms with Crippen molar-refractivity contribution >= 4 is 64.1 Å². The first-order valence-corrected chi connectivity index (χ1v) is 24.5. The van der Waals surface area contributed by atoms with Gasteiger partial charge in [-0.05, 0) is 129 Å². The molecule has 7 heterocycles. The number of imidazole rings is 1. The van der Waals surface area contributed by atoms with Crippen LogP contribution in [-0.4, -0.2) is 111 Å². The van der Waals surface area contributed by atoms with Crippen LogP contribution in [0.1, 0.15) is 101 Å². The summed E-state index contributed by atoms with van der Waals surface area (Å²) in [6, 6.07) is 9.79. The number of imide groups is 1. The monoisotopic (exact) mass is 940 g/mol. The molecule has 0 bridgehead atoms. The van der Waals surface area contributed by atoms with E-state index in [1.807, 2.05) is 16.7 Å². The van der Waals surface area contributed by atoms with E-state index in [0.29, 0.717) is 41.8 Å². The van der Waals surface area contributed by atoms with Crippen LogP contribution < -0.4 is 26.2 Å². The van der Waals surface area contributed by atoms with Crippen LogP contribution >= 0.6 is 23.2 Å². The Morgan fingerprint density at radius 3 is 2.42 bits per heavy atom. The minimum absolute atomic E-state index is 0.0282. The summed E-state index contributed by atoms with van der Waals surface area (Å²) in [6.07, 6.45) is 14.0. The number of benzene rings is 1. The number of hydrogen-bond donors (Lipinski definition) is 4. The van der Waals surface area contributed by atoms with Gasteiger partial charge in [0.1, 0.15) is 16.9 Å². The lowest BCUT2D eigenvalue weighted by Gasteiger charge is -2.50. The van der Waals surface area contributed by atoms with Crippen molar-refractivity contribution in [2.45, 2.75) is 113 Å². The number of piperazine rings is 1. The summed E-state index contributed by atoms with van der Waals surface area (Å²) < 4.78 is 18.3. The number of aryl methyl sites for hydroxylation is 1. The molecule has 0 radical (unpaired) electrons. The normalized spacial score (nSPS) is 27.7. The number of amides is 5. The highest BCUT2D eigenvalue weighted by atomic mass is 35.5. The summed E-state index contributed by atoms with van der Waals surface area (Å²) in [5.41, 5.74) is 1.42. The minimum atomic E-state index is -1.31. The second kappa shape index (κ2) is 17.8. The van der Waals surface area contributed by atoms with E-state index in [4.69, 9.17) is 23.2 Å². The molecule has 4 aliphatic heterocycles. The lowest BCUT2D eigenvalue weighted by molar-refractivity contribution is -0.125. The van der Waals surface area contributed by atoms with Crippen molar-refractivity contribution in [2.75, 3.05) is 56.0 Å². The standard InChI is InChI=1S/C49H59Cl2FN10O4/c1-47(2)14-16-48(17-15-47)49(35-10-7-32(50)27-36(35)56-45(49)65)40(34-11-18-53-43(51)41(34)52)42(58-48)44(64)55-33-8-5-31(6-9-33)29-60-24-22-59(23-25-60)19-3-4-30-12-20-61-37(26-30)54-28-39(61)62-21-13-38(63)57-46(62)66/h7,10-12,18,20,26-28,31,33,40,42,58H,3-6,8-9,13-17,19,21-25,29H2,1-2H3,(H,55,64)(H,56,65)(H,57,63,66)/t31?,33?,40-,42?,49+/m0/s1. The summed E-state index contributed by atoms with van der Waals surface area (Å²) in [4.78, 5) is 68.9. The zero-order valence-corrected chi connectivity index (χ0v) is 39.2. The van der Waals surface area contributed by atoms with Crippen molar-refractivity contribution in [3.05, 3.63) is 87.7 Å². The topological polar surface area (TPSA) is 156 Å². The first-order valence-electron chi connectivity index (χ1n) is 23.8. The van der Waals surface area contributed by atoms with Crippen LogP contribution in [0.2, 0.25) is 10.2 Å². The van der Waals surface area contributed by atoms with Crippen molar-refractivity contribution in [3.63, 3.8) is 0 Å². The van der Waals surface area contributed by atoms with E-state index < -0.39 is 34.8 Å². The predicted octanol–water partition coefficient (Wildman–Crippen LogP) is 6.83. The number of carbonyl (C=O) groups excluding carboxylic acids is 4. The smallest absolute Gasteiger partial charge is 0.329 e. The molecule has 3 atom stereocenters. The van der Waals surface area contributed by atoms with Gasteiger partial charge in [-0.25, -0.2) is 19.2 Å². The van der Waals surface area contributed by atoms with Crippen molar-refractivity contribution < 1.29 is 23.6 Å². The van der Waals surface area contributed by atoms with Gasteiger partial charge in [-0.3, -0.25) is 34.3 Å². The van der Waals surface area contributed by atoms with Crippen LogP contribution in [0.5, 0.6) is 0 Å². The number of nitrogens with one attached hydrogen (secondary N) is 4. The summed E-state index contributed by atoms with van der Waals surface area (Å²) in [5.74, 6) is -1.14. The predicted molar refractivity (Wildman–Crippen MR) is 251 cm³/mol. The van der Waals surface area contributed by atoms with E-state index >= 15 is 4.39 Å². The van der Waals surface area contributed by atoms with E-state index in [9.17, 15) is 19.2 Å². The van der Waals surface area contributed by atoms with Gasteiger partial charge in [0, 0.05) is 86.3 Å². The van der Waals surface area contributed by atoms with Crippen LogP contribution in [0, 0.1) is 17.2 Å². The number of pyridine rings is 2. The summed E-state index contributed by atoms with van der Waals surface area (Å²) in [6.45, 7) is 11.0. The molecule has 5 amide bonds. The van der Waals surface area contributed by atoms with Gasteiger partial charge in [0.05, 0.1) is 12.2 Å². The Kier molecular flexibility index (Phi) is 12.1. The SMILES string of the molecule is CC1(C)CCC2(CC1)NC(C(=O)NC1CCC(CN3CCN(CCCc4ccn5c(N6CCC(=O)NC6=O)cnc5c4)CC3)CC1)[C@H](c1ccnc(Cl)c1F)[C@]21C(=O)Nc2cc(Cl)ccc21. The number of anilines is 2. The van der Waals surface area contributed by atoms with E-state index in [2.05, 4.69) is 67.0 Å². The molecule has 6 aliphatic rings. The molecule has 14 nitrogen and oxygen atoms in total. The average molecular weight is 942 g/mol. The van der Waals surface area contributed by atoms with Crippen molar-refractivity contribution in [2.24, 2.45) is 11.3 Å². The maximum absolute atomic E-state index is 16.4. The second-order valence-corrected chi connectivity index (χ2v) is 21.2. The van der Waals surface area contributed by atoms with Crippen LogP contribution in [0.4, 0.5) is 20.7 Å². The van der Waals surface area contributed by atoms with Gasteiger partial charge in [0.2, 0.25) is 17.7 Å². The molecule has 66 heavy (non-hydrogen) atoms. The van der Waals surface area contributed by atoms with Gasteiger partial charge >= 0.3 is 6.03 Å². The van der Waals surface area contributed by atoms with Gasteiger partial charge < -0.3 is 20.4 Å². The molecule has 17 heteroatoms. The Morgan fingerprint density at radius 2 is 1.67 bits per heavy atom. The molecule has 1 unspecified atom stereocenters. The average Bonchev–Trinajstić information content (AvgIpc) is 3.94. The highest BCUT2D eigenvalue weighted by Gasteiger charge is 2.73. The summed E-state index contributed by atoms with van der Waals surface area (Å²) in [5, 5.41) is 12.9. The molecule has 2 spiro atoms. The lowest BCUT2D eigenvalue weighted by Crippen LogP contribution is -2.61. The zero-order valence-electron chi connectivity index (χ0n) is 37.7. The second-order valence-electron chi connectivity index (χ2n) is 20.4. The van der Waals surface area contributed by atoms with Crippen LogP contribution in [-0.2, 0) is 26.2 Å². The number of nitrogens with zero attached hydrogens (tertiary/aromatic N) is 6. The van der Waals surface area contributed by atoms with E-state index in [1.54, 1.807) is 29.3 Å². The highest BCUT2D eigenvalue weighted by molar-refractivity contribution is 6.31. The van der Waals surface area contributed by atoms with E-state index in [1.165, 1.54) is 11.8 Å². The van der Waals surface area contributed by atoms with Crippen molar-refractivity contribution in [1.82, 2.24) is 40.1 Å². The Hall–Kier alpha value is -4.67. The fraction of sp³-hybridized carbons (Fsp3) is 0.551. The molecule has 3 aromatic heterocycles. The molecule has 2 saturated carbocycles. The van der Waals surface area contributed by atoms with E-state index in [-0.39, 0.29) is 46.3 Å². The zero-order chi connectivity index (χ0) is 46.0. The van der Waals surface area contributed by atoms with E-state index in [0.717, 1.165) is 102 Å². The summed E-state index contributed by atoms with van der Waals surface area (Å²) >= 11 is 12.8. The largest absolute Gasteiger partial charge is 0.352 e. The fourth-order valence-corrected chi connectivity index (χ4v) is 12.7. The molecular weight excluding hydrogens is 883 g/mol. The first kappa shape index (κ1) is 45.1.